The summed E-state index contributed by atoms with van der Waals surface area (Å²) in [7, 11) is 15.1. The monoisotopic (exact) mass is 630 g/mol. The molecule has 2 unspecified atom stereocenters. The molecule has 4 aromatic carbocycles. The number of halogens is 2. The molecule has 0 saturated carbocycles. The van der Waals surface area contributed by atoms with Crippen LogP contribution in [0.15, 0.2) is 84.4 Å². The van der Waals surface area contributed by atoms with Crippen molar-refractivity contribution in [3.8, 4) is 22.3 Å². The van der Waals surface area contributed by atoms with Crippen LogP contribution in [-0.4, -0.2) is 9.52 Å². The second-order valence-electron chi connectivity index (χ2n) is 10.9. The van der Waals surface area contributed by atoms with Gasteiger partial charge in [0, 0.05) is 0 Å². The van der Waals surface area contributed by atoms with Crippen LogP contribution >= 0.6 is 17.0 Å². The molecule has 0 nitrogen and oxygen atoms in total. The molecular weight excluding hydrogens is 599 g/mol. The number of allylic oxidation sites excluding steroid dienone is 1. The average molecular weight is 633 g/mol. The normalized spacial score (nSPS) is 17.2. The summed E-state index contributed by atoms with van der Waals surface area (Å²) < 4.78 is 1.43. The van der Waals surface area contributed by atoms with E-state index < -0.39 is 27.4 Å². The van der Waals surface area contributed by atoms with Gasteiger partial charge < -0.3 is 0 Å². The van der Waals surface area contributed by atoms with E-state index in [1.807, 2.05) is 0 Å². The van der Waals surface area contributed by atoms with Crippen molar-refractivity contribution in [1.29, 1.82) is 0 Å². The zero-order valence-corrected chi connectivity index (χ0v) is 28.0. The molecule has 0 aromatic heterocycles. The van der Waals surface area contributed by atoms with Crippen molar-refractivity contribution < 1.29 is 17.9 Å². The van der Waals surface area contributed by atoms with E-state index in [0.29, 0.717) is 5.92 Å². The topological polar surface area (TPSA) is 0 Å². The molecule has 0 amide bonds. The second kappa shape index (κ2) is 10.4. The van der Waals surface area contributed by atoms with Crippen molar-refractivity contribution in [2.75, 3.05) is 0 Å². The molecule has 1 aliphatic carbocycles. The van der Waals surface area contributed by atoms with Gasteiger partial charge in [-0.1, -0.05) is 0 Å². The van der Waals surface area contributed by atoms with E-state index in [-0.39, 0.29) is 3.63 Å². The van der Waals surface area contributed by atoms with Gasteiger partial charge in [0.2, 0.25) is 0 Å². The van der Waals surface area contributed by atoms with Crippen LogP contribution in [0, 0.1) is 12.8 Å². The summed E-state index contributed by atoms with van der Waals surface area (Å²) in [6, 6.07) is 29.2. The van der Waals surface area contributed by atoms with Crippen molar-refractivity contribution in [3.05, 3.63) is 107 Å². The predicted molar refractivity (Wildman–Crippen MR) is 167 cm³/mol. The maximum atomic E-state index is 7.87. The van der Waals surface area contributed by atoms with E-state index in [4.69, 9.17) is 17.0 Å². The summed E-state index contributed by atoms with van der Waals surface area (Å²) in [5.41, 5.74) is 12.3. The van der Waals surface area contributed by atoms with Crippen LogP contribution < -0.4 is 13.6 Å². The van der Waals surface area contributed by atoms with Crippen molar-refractivity contribution in [3.63, 3.8) is 0 Å². The molecule has 1 heterocycles. The van der Waals surface area contributed by atoms with Crippen LogP contribution in [-0.2, 0) is 24.3 Å². The Kier molecular flexibility index (Phi) is 7.23. The molecule has 4 heteroatoms. The minimum atomic E-state index is -3.98. The Balaban J connectivity index is 1.56. The van der Waals surface area contributed by atoms with Crippen molar-refractivity contribution in [1.82, 2.24) is 0 Å². The van der Waals surface area contributed by atoms with Crippen LogP contribution in [0.3, 0.4) is 0 Å². The summed E-state index contributed by atoms with van der Waals surface area (Å²) in [5, 5.41) is 3.01. The van der Waals surface area contributed by atoms with Crippen molar-refractivity contribution in [2.45, 2.75) is 44.2 Å². The van der Waals surface area contributed by atoms with E-state index in [2.05, 4.69) is 113 Å². The van der Waals surface area contributed by atoms with Crippen LogP contribution in [0.5, 0.6) is 0 Å². The van der Waals surface area contributed by atoms with Gasteiger partial charge in [0.25, 0.3) is 0 Å². The van der Waals surface area contributed by atoms with Gasteiger partial charge in [0.05, 0.1) is 0 Å². The van der Waals surface area contributed by atoms with Crippen LogP contribution in [0.1, 0.15) is 53.1 Å². The third kappa shape index (κ3) is 4.19. The molecule has 0 radical (unpaired) electrons. The molecule has 38 heavy (non-hydrogen) atoms. The number of hydrogen-bond acceptors (Lipinski definition) is 0. The molecule has 0 bridgehead atoms. The third-order valence-corrected chi connectivity index (χ3v) is 23.1. The Hall–Kier alpha value is -1.70. The van der Waals surface area contributed by atoms with Gasteiger partial charge in [-0.2, -0.15) is 0 Å². The summed E-state index contributed by atoms with van der Waals surface area (Å²) in [6.07, 6.45) is 4.58. The molecule has 6 rings (SSSR count). The average Bonchev–Trinajstić information content (AvgIpc) is 3.51. The van der Waals surface area contributed by atoms with E-state index in [9.17, 15) is 0 Å². The number of aryl methyl sites for hydroxylation is 2. The SMILES string of the molecule is CCc1ccccc1-c1c(C)ccc2c1C=C(C(C)CC)[CH]2[Zr]([Cl])([Cl])[c]1cccc2c1[SiH2]c1ccccc1-2. The van der Waals surface area contributed by atoms with Gasteiger partial charge >= 0.3 is 243 Å². The Bertz CT molecular complexity index is 1590. The molecule has 0 saturated heterocycles. The quantitative estimate of drug-likeness (QED) is 0.169. The Labute approximate surface area is 241 Å². The molecule has 2 aliphatic rings. The van der Waals surface area contributed by atoms with E-state index in [1.54, 1.807) is 0 Å². The van der Waals surface area contributed by atoms with Crippen LogP contribution in [0.25, 0.3) is 28.3 Å². The fourth-order valence-corrected chi connectivity index (χ4v) is 23.6. The Morgan fingerprint density at radius 2 is 1.55 bits per heavy atom. The Morgan fingerprint density at radius 1 is 0.842 bits per heavy atom. The first kappa shape index (κ1) is 26.5. The number of hydrogen-bond donors (Lipinski definition) is 0. The van der Waals surface area contributed by atoms with E-state index in [1.165, 1.54) is 63.7 Å². The summed E-state index contributed by atoms with van der Waals surface area (Å²) in [4.78, 5) is 0. The van der Waals surface area contributed by atoms with Gasteiger partial charge in [-0.05, 0) is 0 Å². The van der Waals surface area contributed by atoms with E-state index >= 15 is 0 Å². The molecule has 192 valence electrons. The predicted octanol–water partition coefficient (Wildman–Crippen LogP) is 7.60. The summed E-state index contributed by atoms with van der Waals surface area (Å²) in [6.45, 7) is 9.13. The molecule has 0 N–H and O–H groups in total. The first-order chi connectivity index (χ1) is 18.4. The molecule has 2 atom stereocenters. The maximum absolute atomic E-state index is 7.87. The number of rotatable bonds is 6. The van der Waals surface area contributed by atoms with Gasteiger partial charge in [0.15, 0.2) is 0 Å². The third-order valence-electron chi connectivity index (χ3n) is 8.86. The summed E-state index contributed by atoms with van der Waals surface area (Å²) >= 11 is -3.98. The van der Waals surface area contributed by atoms with Crippen LogP contribution in [0.2, 0.25) is 0 Å². The standard InChI is InChI=1S/C22H25.C12H9Si.2ClH.Zr/c1-5-15(3)19-13-18-12-11-16(4)22(21(18)14-19)20-10-8-7-9-17(20)6-2;1-3-7-11-9(5-1)10-6-2-4-8-12(10)13-11;;;/h7-15H,5-6H2,1-4H3;1-7H,13H2;2*1H;/q;;;;+2/p-2. The van der Waals surface area contributed by atoms with Gasteiger partial charge in [-0.25, -0.2) is 0 Å². The van der Waals surface area contributed by atoms with Crippen molar-refractivity contribution >= 4 is 46.3 Å². The Morgan fingerprint density at radius 3 is 2.32 bits per heavy atom. The second-order valence-corrected chi connectivity index (χ2v) is 26.8. The first-order valence-electron chi connectivity index (χ1n) is 13.9. The molecule has 4 aromatic rings. The molecule has 0 fully saturated rings. The molecule has 0 spiro atoms. The zero-order chi connectivity index (χ0) is 26.6. The fraction of sp³-hybridized carbons (Fsp3) is 0.235. The van der Waals surface area contributed by atoms with Gasteiger partial charge in [-0.15, -0.1) is 0 Å². The summed E-state index contributed by atoms with van der Waals surface area (Å²) in [5.74, 6) is 0.432. The first-order valence-corrected chi connectivity index (χ1v) is 24.3. The van der Waals surface area contributed by atoms with E-state index in [0.717, 1.165) is 12.8 Å². The molecule has 1 aliphatic heterocycles. The molecular formula is C34H34Cl2SiZr. The van der Waals surface area contributed by atoms with Gasteiger partial charge in [0.1, 0.15) is 0 Å². The van der Waals surface area contributed by atoms with Crippen LogP contribution in [0.4, 0.5) is 0 Å². The fourth-order valence-electron chi connectivity index (χ4n) is 6.70. The number of fused-ring (bicyclic) bond motifs is 4. The minimum absolute atomic E-state index is 0.120. The van der Waals surface area contributed by atoms with Gasteiger partial charge in [-0.3, -0.25) is 0 Å². The zero-order valence-electron chi connectivity index (χ0n) is 22.6. The van der Waals surface area contributed by atoms with Crippen molar-refractivity contribution in [2.24, 2.45) is 5.92 Å². The number of benzene rings is 4.